The molecule has 118 valence electrons. The van der Waals surface area contributed by atoms with Crippen LogP contribution in [0.2, 0.25) is 0 Å². The van der Waals surface area contributed by atoms with Gasteiger partial charge in [0.2, 0.25) is 11.7 Å². The fourth-order valence-corrected chi connectivity index (χ4v) is 3.29. The molecule has 0 aliphatic carbocycles. The van der Waals surface area contributed by atoms with Crippen LogP contribution in [-0.2, 0) is 6.54 Å². The highest BCUT2D eigenvalue weighted by molar-refractivity contribution is 7.13. The van der Waals surface area contributed by atoms with Gasteiger partial charge in [0, 0.05) is 55.7 Å². The molecule has 4 heterocycles. The van der Waals surface area contributed by atoms with E-state index in [1.807, 2.05) is 23.7 Å². The first-order chi connectivity index (χ1) is 11.4. The van der Waals surface area contributed by atoms with Crippen molar-refractivity contribution in [2.24, 2.45) is 0 Å². The highest BCUT2D eigenvalue weighted by atomic mass is 32.1. The molecule has 0 N–H and O–H groups in total. The Morgan fingerprint density at radius 2 is 1.91 bits per heavy atom. The number of hydrogen-bond acceptors (Lipinski definition) is 8. The Bertz CT molecular complexity index is 736. The quantitative estimate of drug-likeness (QED) is 0.724. The van der Waals surface area contributed by atoms with Gasteiger partial charge in [-0.2, -0.15) is 4.98 Å². The average molecular weight is 328 g/mol. The molecule has 23 heavy (non-hydrogen) atoms. The molecule has 8 heteroatoms. The van der Waals surface area contributed by atoms with E-state index in [9.17, 15) is 0 Å². The highest BCUT2D eigenvalue weighted by Gasteiger charge is 2.20. The van der Waals surface area contributed by atoms with E-state index in [0.29, 0.717) is 18.3 Å². The van der Waals surface area contributed by atoms with E-state index < -0.39 is 0 Å². The van der Waals surface area contributed by atoms with E-state index in [-0.39, 0.29) is 0 Å². The topological polar surface area (TPSA) is 71.2 Å². The van der Waals surface area contributed by atoms with Crippen molar-refractivity contribution in [3.63, 3.8) is 0 Å². The Kier molecular flexibility index (Phi) is 3.99. The molecule has 0 spiro atoms. The minimum Gasteiger partial charge on any atom is -0.346 e. The normalized spacial score (nSPS) is 15.9. The van der Waals surface area contributed by atoms with Gasteiger partial charge in [-0.1, -0.05) is 5.16 Å². The lowest BCUT2D eigenvalue weighted by molar-refractivity contribution is 0.215. The zero-order valence-electron chi connectivity index (χ0n) is 12.5. The van der Waals surface area contributed by atoms with Crippen molar-refractivity contribution in [1.82, 2.24) is 25.0 Å². The molecule has 7 nitrogen and oxygen atoms in total. The van der Waals surface area contributed by atoms with Crippen LogP contribution < -0.4 is 4.90 Å². The second-order valence-electron chi connectivity index (χ2n) is 5.33. The van der Waals surface area contributed by atoms with Gasteiger partial charge >= 0.3 is 0 Å². The van der Waals surface area contributed by atoms with E-state index in [1.54, 1.807) is 23.7 Å². The van der Waals surface area contributed by atoms with Gasteiger partial charge in [0.1, 0.15) is 0 Å². The molecule has 1 fully saturated rings. The molecular weight excluding hydrogens is 312 g/mol. The Hall–Kier alpha value is -2.32. The molecule has 1 aliphatic heterocycles. The van der Waals surface area contributed by atoms with Crippen LogP contribution in [0.5, 0.6) is 0 Å². The summed E-state index contributed by atoms with van der Waals surface area (Å²) in [5.74, 6) is 1.27. The third-order valence-electron chi connectivity index (χ3n) is 3.83. The van der Waals surface area contributed by atoms with Crippen molar-refractivity contribution in [2.75, 3.05) is 31.1 Å². The summed E-state index contributed by atoms with van der Waals surface area (Å²) in [5.41, 5.74) is 0.920. The minimum atomic E-state index is 0.615. The molecule has 3 aromatic rings. The summed E-state index contributed by atoms with van der Waals surface area (Å²) >= 11 is 1.69. The Morgan fingerprint density at radius 3 is 2.65 bits per heavy atom. The molecule has 0 unspecified atom stereocenters. The van der Waals surface area contributed by atoms with Crippen molar-refractivity contribution >= 4 is 16.5 Å². The van der Waals surface area contributed by atoms with Crippen LogP contribution in [-0.4, -0.2) is 51.2 Å². The van der Waals surface area contributed by atoms with Gasteiger partial charge in [0.25, 0.3) is 0 Å². The van der Waals surface area contributed by atoms with Crippen LogP contribution in [0.15, 0.2) is 40.6 Å². The maximum Gasteiger partial charge on any atom is 0.241 e. The number of nitrogens with zero attached hydrogens (tertiary/aromatic N) is 6. The fraction of sp³-hybridized carbons (Fsp3) is 0.333. The zero-order chi connectivity index (χ0) is 15.5. The summed E-state index contributed by atoms with van der Waals surface area (Å²) in [4.78, 5) is 17.5. The van der Waals surface area contributed by atoms with Crippen molar-refractivity contribution in [1.29, 1.82) is 0 Å². The monoisotopic (exact) mass is 328 g/mol. The molecule has 1 aliphatic rings. The molecule has 0 amide bonds. The second kappa shape index (κ2) is 6.43. The lowest BCUT2D eigenvalue weighted by Gasteiger charge is -2.33. The number of rotatable bonds is 4. The summed E-state index contributed by atoms with van der Waals surface area (Å²) in [6.45, 7) is 4.56. The summed E-state index contributed by atoms with van der Waals surface area (Å²) in [6.07, 6.45) is 5.30. The van der Waals surface area contributed by atoms with Crippen molar-refractivity contribution < 1.29 is 4.52 Å². The number of pyridine rings is 1. The molecule has 0 saturated carbocycles. The summed E-state index contributed by atoms with van der Waals surface area (Å²) in [6, 6.07) is 3.75. The SMILES string of the molecule is c1cc(-c2noc(CN3CCN(c4nccs4)CC3)n2)ccn1. The average Bonchev–Trinajstić information content (AvgIpc) is 3.28. The third kappa shape index (κ3) is 3.22. The molecule has 0 aromatic carbocycles. The van der Waals surface area contributed by atoms with Crippen LogP contribution in [0.3, 0.4) is 0 Å². The highest BCUT2D eigenvalue weighted by Crippen LogP contribution is 2.20. The van der Waals surface area contributed by atoms with Crippen LogP contribution >= 0.6 is 11.3 Å². The van der Waals surface area contributed by atoms with Crippen molar-refractivity contribution in [3.8, 4) is 11.4 Å². The second-order valence-corrected chi connectivity index (χ2v) is 6.20. The first kappa shape index (κ1) is 14.3. The number of anilines is 1. The zero-order valence-corrected chi connectivity index (χ0v) is 13.3. The summed E-state index contributed by atoms with van der Waals surface area (Å²) < 4.78 is 5.37. The smallest absolute Gasteiger partial charge is 0.241 e. The van der Waals surface area contributed by atoms with Crippen LogP contribution in [0.1, 0.15) is 5.89 Å². The van der Waals surface area contributed by atoms with Gasteiger partial charge in [-0.05, 0) is 12.1 Å². The predicted molar refractivity (Wildman–Crippen MR) is 87.1 cm³/mol. The molecule has 4 rings (SSSR count). The van der Waals surface area contributed by atoms with E-state index in [1.165, 1.54) is 0 Å². The predicted octanol–water partition coefficient (Wildman–Crippen LogP) is 1.91. The molecular formula is C15H16N6OS. The van der Waals surface area contributed by atoms with Gasteiger partial charge in [-0.25, -0.2) is 4.98 Å². The number of thiazole rings is 1. The van der Waals surface area contributed by atoms with E-state index in [2.05, 4.69) is 29.9 Å². The lowest BCUT2D eigenvalue weighted by Crippen LogP contribution is -2.46. The van der Waals surface area contributed by atoms with E-state index >= 15 is 0 Å². The maximum absolute atomic E-state index is 5.37. The van der Waals surface area contributed by atoms with Gasteiger partial charge in [0.05, 0.1) is 6.54 Å². The standard InChI is InChI=1S/C15H16N6OS/c1-3-16-4-2-12(1)14-18-13(22-19-14)11-20-6-8-21(9-7-20)15-17-5-10-23-15/h1-5,10H,6-9,11H2. The molecule has 1 saturated heterocycles. The van der Waals surface area contributed by atoms with Crippen LogP contribution in [0, 0.1) is 0 Å². The van der Waals surface area contributed by atoms with Gasteiger partial charge < -0.3 is 9.42 Å². The Labute approximate surface area is 137 Å². The summed E-state index contributed by atoms with van der Waals surface area (Å²) in [5, 5.41) is 7.16. The van der Waals surface area contributed by atoms with Crippen molar-refractivity contribution in [3.05, 3.63) is 42.0 Å². The first-order valence-electron chi connectivity index (χ1n) is 7.48. The molecule has 0 atom stereocenters. The number of piperazine rings is 1. The lowest BCUT2D eigenvalue weighted by atomic mass is 10.2. The first-order valence-corrected chi connectivity index (χ1v) is 8.36. The van der Waals surface area contributed by atoms with Gasteiger partial charge in [-0.3, -0.25) is 9.88 Å². The number of hydrogen-bond donors (Lipinski definition) is 0. The largest absolute Gasteiger partial charge is 0.346 e. The van der Waals surface area contributed by atoms with Crippen molar-refractivity contribution in [2.45, 2.75) is 6.54 Å². The third-order valence-corrected chi connectivity index (χ3v) is 4.66. The molecule has 0 bridgehead atoms. The van der Waals surface area contributed by atoms with Gasteiger partial charge in [-0.15, -0.1) is 11.3 Å². The molecule has 3 aromatic heterocycles. The summed E-state index contributed by atoms with van der Waals surface area (Å²) in [7, 11) is 0. The fourth-order valence-electron chi connectivity index (χ4n) is 2.60. The number of aromatic nitrogens is 4. The Morgan fingerprint density at radius 1 is 1.09 bits per heavy atom. The maximum atomic E-state index is 5.37. The Balaban J connectivity index is 1.36. The van der Waals surface area contributed by atoms with Crippen LogP contribution in [0.25, 0.3) is 11.4 Å². The van der Waals surface area contributed by atoms with E-state index in [0.717, 1.165) is 36.9 Å². The van der Waals surface area contributed by atoms with Crippen LogP contribution in [0.4, 0.5) is 5.13 Å². The molecule has 0 radical (unpaired) electrons. The van der Waals surface area contributed by atoms with Gasteiger partial charge in [0.15, 0.2) is 5.13 Å². The minimum absolute atomic E-state index is 0.615. The van der Waals surface area contributed by atoms with E-state index in [4.69, 9.17) is 4.52 Å².